The van der Waals surface area contributed by atoms with Crippen molar-refractivity contribution in [1.29, 1.82) is 0 Å². The number of likely N-dealkylation sites (N-methyl/N-ethyl adjacent to an activating group) is 1. The molecule has 16 heavy (non-hydrogen) atoms. The van der Waals surface area contributed by atoms with Crippen LogP contribution in [-0.2, 0) is 0 Å². The average molecular weight is 226 g/mol. The van der Waals surface area contributed by atoms with Gasteiger partial charge in [-0.1, -0.05) is 27.2 Å². The molecule has 0 saturated carbocycles. The molecule has 1 aliphatic heterocycles. The monoisotopic (exact) mass is 226 g/mol. The fourth-order valence-corrected chi connectivity index (χ4v) is 3.17. The Balaban J connectivity index is 2.58. The lowest BCUT2D eigenvalue weighted by molar-refractivity contribution is 0.123. The van der Waals surface area contributed by atoms with Crippen LogP contribution in [0, 0.1) is 0 Å². The third kappa shape index (κ3) is 3.46. The van der Waals surface area contributed by atoms with Crippen LogP contribution >= 0.6 is 0 Å². The van der Waals surface area contributed by atoms with Crippen LogP contribution in [-0.4, -0.2) is 36.1 Å². The highest BCUT2D eigenvalue weighted by molar-refractivity contribution is 4.89. The van der Waals surface area contributed by atoms with Crippen LogP contribution in [0.3, 0.4) is 0 Å². The van der Waals surface area contributed by atoms with E-state index in [1.807, 2.05) is 0 Å². The summed E-state index contributed by atoms with van der Waals surface area (Å²) in [5.41, 5.74) is 0. The van der Waals surface area contributed by atoms with Gasteiger partial charge in [0.2, 0.25) is 0 Å². The lowest BCUT2D eigenvalue weighted by Gasteiger charge is -2.36. The van der Waals surface area contributed by atoms with Crippen molar-refractivity contribution in [2.75, 3.05) is 13.1 Å². The van der Waals surface area contributed by atoms with Gasteiger partial charge in [0.1, 0.15) is 0 Å². The molecule has 1 aliphatic rings. The number of nitrogens with one attached hydrogen (secondary N) is 1. The molecule has 3 atom stereocenters. The van der Waals surface area contributed by atoms with Gasteiger partial charge < -0.3 is 5.32 Å². The maximum atomic E-state index is 3.53. The van der Waals surface area contributed by atoms with E-state index in [0.29, 0.717) is 0 Å². The van der Waals surface area contributed by atoms with Crippen LogP contribution in [0.15, 0.2) is 0 Å². The number of nitrogens with zero attached hydrogens (tertiary/aromatic N) is 1. The van der Waals surface area contributed by atoms with Gasteiger partial charge in [-0.25, -0.2) is 0 Å². The molecule has 1 saturated heterocycles. The van der Waals surface area contributed by atoms with Crippen molar-refractivity contribution in [3.63, 3.8) is 0 Å². The molecule has 2 nitrogen and oxygen atoms in total. The van der Waals surface area contributed by atoms with E-state index in [2.05, 4.69) is 37.9 Å². The van der Waals surface area contributed by atoms with Gasteiger partial charge in [-0.15, -0.1) is 0 Å². The Bertz CT molecular complexity index is 182. The molecule has 1 fully saturated rings. The summed E-state index contributed by atoms with van der Waals surface area (Å²) in [5.74, 6) is 0. The second-order valence-corrected chi connectivity index (χ2v) is 5.19. The van der Waals surface area contributed by atoms with Gasteiger partial charge in [0.05, 0.1) is 0 Å². The van der Waals surface area contributed by atoms with Crippen molar-refractivity contribution in [1.82, 2.24) is 10.2 Å². The molecule has 0 amide bonds. The lowest BCUT2D eigenvalue weighted by atomic mass is 10.1. The van der Waals surface area contributed by atoms with Crippen molar-refractivity contribution in [2.24, 2.45) is 0 Å². The first-order chi connectivity index (χ1) is 7.74. The van der Waals surface area contributed by atoms with Gasteiger partial charge in [0.15, 0.2) is 0 Å². The highest BCUT2D eigenvalue weighted by Crippen LogP contribution is 2.29. The first kappa shape index (κ1) is 14.0. The zero-order valence-electron chi connectivity index (χ0n) is 11.6. The highest BCUT2D eigenvalue weighted by Gasteiger charge is 2.33. The number of likely N-dealkylation sites (tertiary alicyclic amines) is 1. The van der Waals surface area contributed by atoms with Crippen LogP contribution in [0.2, 0.25) is 0 Å². The van der Waals surface area contributed by atoms with Gasteiger partial charge in [0.25, 0.3) is 0 Å². The predicted molar refractivity (Wildman–Crippen MR) is 71.9 cm³/mol. The van der Waals surface area contributed by atoms with Crippen molar-refractivity contribution >= 4 is 0 Å². The quantitative estimate of drug-likeness (QED) is 0.718. The minimum Gasteiger partial charge on any atom is -0.315 e. The Hall–Kier alpha value is -0.0800. The van der Waals surface area contributed by atoms with Crippen LogP contribution in [0.4, 0.5) is 0 Å². The molecule has 0 spiro atoms. The van der Waals surface area contributed by atoms with Gasteiger partial charge in [-0.05, 0) is 39.2 Å². The second kappa shape index (κ2) is 7.29. The summed E-state index contributed by atoms with van der Waals surface area (Å²) in [7, 11) is 0. The predicted octanol–water partition coefficient (Wildman–Crippen LogP) is 3.03. The second-order valence-electron chi connectivity index (χ2n) is 5.19. The number of hydrogen-bond donors (Lipinski definition) is 1. The van der Waals surface area contributed by atoms with E-state index in [-0.39, 0.29) is 0 Å². The Morgan fingerprint density at radius 3 is 2.56 bits per heavy atom. The van der Waals surface area contributed by atoms with Gasteiger partial charge in [-0.3, -0.25) is 4.90 Å². The van der Waals surface area contributed by atoms with E-state index in [1.165, 1.54) is 38.6 Å². The zero-order chi connectivity index (χ0) is 12.0. The summed E-state index contributed by atoms with van der Waals surface area (Å²) in [6, 6.07) is 2.39. The third-order valence-corrected chi connectivity index (χ3v) is 3.99. The molecule has 3 unspecified atom stereocenters. The molecular weight excluding hydrogens is 196 g/mol. The largest absolute Gasteiger partial charge is 0.315 e. The Morgan fingerprint density at radius 1 is 1.25 bits per heavy atom. The van der Waals surface area contributed by atoms with Gasteiger partial charge >= 0.3 is 0 Å². The SMILES string of the molecule is CCCC(CNCC)N1C(C)CCC1CC. The summed E-state index contributed by atoms with van der Waals surface area (Å²) < 4.78 is 0. The van der Waals surface area contributed by atoms with Crippen molar-refractivity contribution in [2.45, 2.75) is 77.9 Å². The smallest absolute Gasteiger partial charge is 0.0226 e. The van der Waals surface area contributed by atoms with E-state index >= 15 is 0 Å². The summed E-state index contributed by atoms with van der Waals surface area (Å²) in [4.78, 5) is 2.80. The molecular formula is C14H30N2. The summed E-state index contributed by atoms with van der Waals surface area (Å²) in [5, 5.41) is 3.53. The van der Waals surface area contributed by atoms with E-state index in [1.54, 1.807) is 0 Å². The molecule has 0 bridgehead atoms. The van der Waals surface area contributed by atoms with Crippen LogP contribution in [0.25, 0.3) is 0 Å². The molecule has 96 valence electrons. The summed E-state index contributed by atoms with van der Waals surface area (Å²) in [6.07, 6.45) is 6.76. The molecule has 1 heterocycles. The normalized spacial score (nSPS) is 28.5. The maximum absolute atomic E-state index is 3.53. The molecule has 0 aromatic heterocycles. The fraction of sp³-hybridized carbons (Fsp3) is 1.00. The van der Waals surface area contributed by atoms with Crippen LogP contribution in [0.5, 0.6) is 0 Å². The third-order valence-electron chi connectivity index (χ3n) is 3.99. The average Bonchev–Trinajstić information content (AvgIpc) is 2.66. The van der Waals surface area contributed by atoms with E-state index in [0.717, 1.165) is 24.7 Å². The molecule has 1 rings (SSSR count). The van der Waals surface area contributed by atoms with E-state index in [9.17, 15) is 0 Å². The van der Waals surface area contributed by atoms with Gasteiger partial charge in [0, 0.05) is 24.7 Å². The minimum absolute atomic E-state index is 0.757. The van der Waals surface area contributed by atoms with E-state index < -0.39 is 0 Å². The minimum atomic E-state index is 0.757. The van der Waals surface area contributed by atoms with E-state index in [4.69, 9.17) is 0 Å². The van der Waals surface area contributed by atoms with Gasteiger partial charge in [-0.2, -0.15) is 0 Å². The summed E-state index contributed by atoms with van der Waals surface area (Å²) in [6.45, 7) is 11.5. The first-order valence-electron chi connectivity index (χ1n) is 7.22. The molecule has 0 aromatic carbocycles. The first-order valence-corrected chi connectivity index (χ1v) is 7.22. The highest BCUT2D eigenvalue weighted by atomic mass is 15.2. The number of hydrogen-bond acceptors (Lipinski definition) is 2. The molecule has 0 radical (unpaired) electrons. The van der Waals surface area contributed by atoms with Crippen LogP contribution in [0.1, 0.15) is 59.8 Å². The topological polar surface area (TPSA) is 15.3 Å². The Kier molecular flexibility index (Phi) is 6.37. The zero-order valence-corrected chi connectivity index (χ0v) is 11.6. The molecule has 1 N–H and O–H groups in total. The van der Waals surface area contributed by atoms with Crippen LogP contribution < -0.4 is 5.32 Å². The summed E-state index contributed by atoms with van der Waals surface area (Å²) >= 11 is 0. The van der Waals surface area contributed by atoms with Crippen molar-refractivity contribution < 1.29 is 0 Å². The Labute approximate surface area is 102 Å². The van der Waals surface area contributed by atoms with Crippen molar-refractivity contribution in [3.05, 3.63) is 0 Å². The lowest BCUT2D eigenvalue weighted by Crippen LogP contribution is -2.47. The molecule has 2 heteroatoms. The maximum Gasteiger partial charge on any atom is 0.0226 e. The fourth-order valence-electron chi connectivity index (χ4n) is 3.17. The molecule has 0 aromatic rings. The number of rotatable bonds is 7. The molecule has 0 aliphatic carbocycles. The standard InChI is InChI=1S/C14H30N2/c1-5-8-14(11-15-7-3)16-12(4)9-10-13(16)6-2/h12-15H,5-11H2,1-4H3. The Morgan fingerprint density at radius 2 is 2.00 bits per heavy atom. The van der Waals surface area contributed by atoms with Crippen molar-refractivity contribution in [3.8, 4) is 0 Å².